The summed E-state index contributed by atoms with van der Waals surface area (Å²) in [6.45, 7) is 1.82. The molecule has 0 aliphatic carbocycles. The molecule has 1 amide bonds. The van der Waals surface area contributed by atoms with E-state index in [0.29, 0.717) is 0 Å². The van der Waals surface area contributed by atoms with Gasteiger partial charge < -0.3 is 5.32 Å². The molecule has 0 aromatic carbocycles. The van der Waals surface area contributed by atoms with E-state index in [4.69, 9.17) is 0 Å². The van der Waals surface area contributed by atoms with Crippen LogP contribution in [0.4, 0.5) is 4.39 Å². The number of halogens is 1. The number of pyridine rings is 1. The van der Waals surface area contributed by atoms with E-state index in [9.17, 15) is 9.18 Å². The Morgan fingerprint density at radius 1 is 1.59 bits per heavy atom. The van der Waals surface area contributed by atoms with Gasteiger partial charge in [0.15, 0.2) is 0 Å². The lowest BCUT2D eigenvalue weighted by Crippen LogP contribution is -2.26. The van der Waals surface area contributed by atoms with Crippen molar-refractivity contribution in [2.24, 2.45) is 0 Å². The van der Waals surface area contributed by atoms with E-state index < -0.39 is 5.95 Å². The summed E-state index contributed by atoms with van der Waals surface area (Å²) in [7, 11) is 0. The maximum atomic E-state index is 12.8. The molecule has 17 heavy (non-hydrogen) atoms. The van der Waals surface area contributed by atoms with Crippen LogP contribution in [0.5, 0.6) is 0 Å². The van der Waals surface area contributed by atoms with E-state index >= 15 is 0 Å². The molecule has 0 radical (unpaired) electrons. The molecule has 0 spiro atoms. The zero-order chi connectivity index (χ0) is 12.3. The molecule has 1 atom stereocenters. The number of carbonyl (C=O) groups is 1. The second kappa shape index (κ2) is 4.73. The molecule has 5 nitrogen and oxygen atoms in total. The van der Waals surface area contributed by atoms with Crippen LogP contribution in [0.15, 0.2) is 30.7 Å². The average Bonchev–Trinajstić information content (AvgIpc) is 2.82. The number of hydrogen-bond acceptors (Lipinski definition) is 3. The first kappa shape index (κ1) is 11.3. The Kier molecular flexibility index (Phi) is 3.13. The number of amides is 1. The van der Waals surface area contributed by atoms with Crippen molar-refractivity contribution in [3.8, 4) is 0 Å². The highest BCUT2D eigenvalue weighted by molar-refractivity contribution is 5.94. The van der Waals surface area contributed by atoms with Crippen LogP contribution in [0.25, 0.3) is 0 Å². The fourth-order valence-corrected chi connectivity index (χ4v) is 1.40. The summed E-state index contributed by atoms with van der Waals surface area (Å²) in [5, 5.41) is 9.18. The number of H-pyrrole nitrogens is 1. The predicted molar refractivity (Wildman–Crippen MR) is 58.7 cm³/mol. The molecule has 2 aromatic rings. The van der Waals surface area contributed by atoms with E-state index in [1.807, 2.05) is 6.92 Å². The lowest BCUT2D eigenvalue weighted by molar-refractivity contribution is 0.0939. The third kappa shape index (κ3) is 2.66. The van der Waals surface area contributed by atoms with E-state index in [1.54, 1.807) is 12.4 Å². The van der Waals surface area contributed by atoms with Crippen LogP contribution >= 0.6 is 0 Å². The van der Waals surface area contributed by atoms with Gasteiger partial charge in [-0.25, -0.2) is 4.98 Å². The first-order valence-electron chi connectivity index (χ1n) is 5.08. The minimum atomic E-state index is -0.673. The van der Waals surface area contributed by atoms with Crippen LogP contribution in [0.2, 0.25) is 0 Å². The molecule has 1 unspecified atom stereocenters. The number of nitrogens with one attached hydrogen (secondary N) is 2. The third-order valence-corrected chi connectivity index (χ3v) is 2.36. The molecule has 0 fully saturated rings. The highest BCUT2D eigenvalue weighted by Gasteiger charge is 2.12. The summed E-state index contributed by atoms with van der Waals surface area (Å²) >= 11 is 0. The topological polar surface area (TPSA) is 70.7 Å². The minimum Gasteiger partial charge on any atom is -0.345 e. The van der Waals surface area contributed by atoms with Crippen LogP contribution in [0.1, 0.15) is 28.9 Å². The van der Waals surface area contributed by atoms with Gasteiger partial charge in [-0.2, -0.15) is 9.49 Å². The Morgan fingerprint density at radius 2 is 2.41 bits per heavy atom. The summed E-state index contributed by atoms with van der Waals surface area (Å²) in [5.41, 5.74) is 1.10. The third-order valence-electron chi connectivity index (χ3n) is 2.36. The number of carbonyl (C=O) groups excluding carboxylic acids is 1. The van der Waals surface area contributed by atoms with Crippen molar-refractivity contribution in [1.29, 1.82) is 0 Å². The van der Waals surface area contributed by atoms with Crippen LogP contribution in [0.3, 0.4) is 0 Å². The first-order valence-corrected chi connectivity index (χ1v) is 5.08. The van der Waals surface area contributed by atoms with E-state index in [-0.39, 0.29) is 17.5 Å². The van der Waals surface area contributed by atoms with Crippen molar-refractivity contribution < 1.29 is 9.18 Å². The zero-order valence-corrected chi connectivity index (χ0v) is 9.14. The van der Waals surface area contributed by atoms with Crippen molar-refractivity contribution in [2.45, 2.75) is 13.0 Å². The normalized spacial score (nSPS) is 12.1. The van der Waals surface area contributed by atoms with E-state index in [2.05, 4.69) is 20.5 Å². The SMILES string of the molecule is CC(NC(=O)c1ccnc(F)c1)c1cn[nH]c1. The largest absolute Gasteiger partial charge is 0.345 e. The van der Waals surface area contributed by atoms with Gasteiger partial charge in [-0.15, -0.1) is 0 Å². The van der Waals surface area contributed by atoms with Crippen LogP contribution < -0.4 is 5.32 Å². The highest BCUT2D eigenvalue weighted by Crippen LogP contribution is 2.10. The lowest BCUT2D eigenvalue weighted by atomic mass is 10.1. The molecule has 0 saturated carbocycles. The molecule has 6 heteroatoms. The summed E-state index contributed by atoms with van der Waals surface area (Å²) in [5.74, 6) is -1.02. The van der Waals surface area contributed by atoms with Crippen molar-refractivity contribution in [3.05, 3.63) is 47.8 Å². The molecule has 0 saturated heterocycles. The summed E-state index contributed by atoms with van der Waals surface area (Å²) < 4.78 is 12.8. The molecule has 2 rings (SSSR count). The molecule has 2 N–H and O–H groups in total. The van der Waals surface area contributed by atoms with Crippen molar-refractivity contribution >= 4 is 5.91 Å². The number of rotatable bonds is 3. The molecular weight excluding hydrogens is 223 g/mol. The van der Waals surface area contributed by atoms with Crippen LogP contribution in [-0.4, -0.2) is 21.1 Å². The fraction of sp³-hybridized carbons (Fsp3) is 0.182. The number of aromatic nitrogens is 3. The molecule has 2 aromatic heterocycles. The molecule has 0 aliphatic heterocycles. The monoisotopic (exact) mass is 234 g/mol. The smallest absolute Gasteiger partial charge is 0.251 e. The van der Waals surface area contributed by atoms with E-state index in [1.165, 1.54) is 12.3 Å². The summed E-state index contributed by atoms with van der Waals surface area (Å²) in [4.78, 5) is 15.2. The molecule has 2 heterocycles. The Morgan fingerprint density at radius 3 is 3.06 bits per heavy atom. The minimum absolute atomic E-state index is 0.197. The van der Waals surface area contributed by atoms with Crippen LogP contribution in [0, 0.1) is 5.95 Å². The van der Waals surface area contributed by atoms with Gasteiger partial charge in [0.2, 0.25) is 5.95 Å². The van der Waals surface area contributed by atoms with Gasteiger partial charge in [0.05, 0.1) is 12.2 Å². The second-order valence-corrected chi connectivity index (χ2v) is 3.59. The van der Waals surface area contributed by atoms with Crippen molar-refractivity contribution in [3.63, 3.8) is 0 Å². The van der Waals surface area contributed by atoms with Gasteiger partial charge in [0.1, 0.15) is 0 Å². The Balaban J connectivity index is 2.07. The Hall–Kier alpha value is -2.24. The van der Waals surface area contributed by atoms with Gasteiger partial charge in [-0.1, -0.05) is 0 Å². The van der Waals surface area contributed by atoms with Gasteiger partial charge in [-0.3, -0.25) is 9.89 Å². The number of nitrogens with zero attached hydrogens (tertiary/aromatic N) is 2. The highest BCUT2D eigenvalue weighted by atomic mass is 19.1. The van der Waals surface area contributed by atoms with Crippen LogP contribution in [-0.2, 0) is 0 Å². The Labute approximate surface area is 97.1 Å². The van der Waals surface area contributed by atoms with Crippen molar-refractivity contribution in [1.82, 2.24) is 20.5 Å². The van der Waals surface area contributed by atoms with Gasteiger partial charge >= 0.3 is 0 Å². The zero-order valence-electron chi connectivity index (χ0n) is 9.14. The quantitative estimate of drug-likeness (QED) is 0.789. The predicted octanol–water partition coefficient (Wildman–Crippen LogP) is 1.43. The van der Waals surface area contributed by atoms with Gasteiger partial charge in [0.25, 0.3) is 5.91 Å². The van der Waals surface area contributed by atoms with Gasteiger partial charge in [0, 0.05) is 29.6 Å². The maximum absolute atomic E-state index is 12.8. The molecule has 0 aliphatic rings. The second-order valence-electron chi connectivity index (χ2n) is 3.59. The maximum Gasteiger partial charge on any atom is 0.251 e. The number of hydrogen-bond donors (Lipinski definition) is 2. The fourth-order valence-electron chi connectivity index (χ4n) is 1.40. The first-order chi connectivity index (χ1) is 8.16. The molecule has 0 bridgehead atoms. The van der Waals surface area contributed by atoms with E-state index in [0.717, 1.165) is 11.6 Å². The number of aromatic amines is 1. The average molecular weight is 234 g/mol. The summed E-state index contributed by atoms with van der Waals surface area (Å²) in [6, 6.07) is 2.36. The molecular formula is C11H11FN4O. The Bertz CT molecular complexity index is 512. The van der Waals surface area contributed by atoms with Gasteiger partial charge in [-0.05, 0) is 13.0 Å². The van der Waals surface area contributed by atoms with Crippen molar-refractivity contribution in [2.75, 3.05) is 0 Å². The lowest BCUT2D eigenvalue weighted by Gasteiger charge is -2.11. The standard InChI is InChI=1S/C11H11FN4O/c1-7(9-5-14-15-6-9)16-11(17)8-2-3-13-10(12)4-8/h2-7H,1H3,(H,14,15)(H,16,17). The molecule has 88 valence electrons. The summed E-state index contributed by atoms with van der Waals surface area (Å²) in [6.07, 6.45) is 4.57.